The zero-order chi connectivity index (χ0) is 24.8. The maximum absolute atomic E-state index is 12.7. The average Bonchev–Trinajstić information content (AvgIpc) is 2.67. The van der Waals surface area contributed by atoms with Gasteiger partial charge in [0, 0.05) is 24.2 Å². The van der Waals surface area contributed by atoms with Crippen molar-refractivity contribution in [2.75, 3.05) is 13.1 Å². The van der Waals surface area contributed by atoms with Crippen LogP contribution in [0.2, 0.25) is 0 Å². The lowest BCUT2D eigenvalue weighted by molar-refractivity contribution is -0.128. The molecule has 0 N–H and O–H groups in total. The van der Waals surface area contributed by atoms with E-state index in [9.17, 15) is 19.2 Å². The van der Waals surface area contributed by atoms with Crippen LogP contribution in [0, 0.1) is 0 Å². The van der Waals surface area contributed by atoms with Gasteiger partial charge < -0.3 is 9.47 Å². The molecule has 2 aliphatic heterocycles. The number of carbonyl (C=O) groups excluding carboxylic acids is 4. The van der Waals surface area contributed by atoms with Crippen molar-refractivity contribution in [3.05, 3.63) is 23.3 Å². The Hall–Kier alpha value is -2.64. The Kier molecular flexibility index (Phi) is 8.86. The molecule has 0 aliphatic carbocycles. The van der Waals surface area contributed by atoms with Crippen LogP contribution in [0.25, 0.3) is 0 Å². The second-order valence-corrected chi connectivity index (χ2v) is 10.5. The van der Waals surface area contributed by atoms with Crippen LogP contribution in [-0.2, 0) is 19.1 Å². The Morgan fingerprint density at radius 3 is 1.45 bits per heavy atom. The van der Waals surface area contributed by atoms with E-state index < -0.39 is 23.4 Å². The molecule has 0 aromatic carbocycles. The first-order chi connectivity index (χ1) is 15.3. The molecule has 0 radical (unpaired) electrons. The Morgan fingerprint density at radius 2 is 1.12 bits per heavy atom. The fourth-order valence-corrected chi connectivity index (χ4v) is 3.65. The maximum Gasteiger partial charge on any atom is 0.417 e. The van der Waals surface area contributed by atoms with Crippen LogP contribution < -0.4 is 0 Å². The summed E-state index contributed by atoms with van der Waals surface area (Å²) in [6.07, 6.45) is 7.36. The van der Waals surface area contributed by atoms with Crippen LogP contribution in [-0.4, -0.2) is 58.1 Å². The third kappa shape index (κ3) is 8.33. The first kappa shape index (κ1) is 26.6. The lowest BCUT2D eigenvalue weighted by Gasteiger charge is -2.29. The monoisotopic (exact) mass is 462 g/mol. The molecule has 2 rings (SSSR count). The van der Waals surface area contributed by atoms with Crippen LogP contribution in [0.4, 0.5) is 9.59 Å². The van der Waals surface area contributed by atoms with Crippen molar-refractivity contribution in [2.24, 2.45) is 0 Å². The van der Waals surface area contributed by atoms with Gasteiger partial charge in [-0.05, 0) is 86.5 Å². The summed E-state index contributed by atoms with van der Waals surface area (Å²) in [6.45, 7) is 11.4. The van der Waals surface area contributed by atoms with Crippen LogP contribution in [0.1, 0.15) is 86.5 Å². The fourth-order valence-electron chi connectivity index (χ4n) is 3.65. The van der Waals surface area contributed by atoms with Crippen molar-refractivity contribution in [2.45, 2.75) is 97.7 Å². The van der Waals surface area contributed by atoms with Gasteiger partial charge in [-0.3, -0.25) is 9.59 Å². The van der Waals surface area contributed by atoms with Crippen LogP contribution >= 0.6 is 0 Å². The Labute approximate surface area is 196 Å². The van der Waals surface area contributed by atoms with Gasteiger partial charge >= 0.3 is 12.2 Å². The first-order valence-corrected chi connectivity index (χ1v) is 11.8. The first-order valence-electron chi connectivity index (χ1n) is 11.8. The number of piperidine rings is 2. The second kappa shape index (κ2) is 11.0. The molecule has 4 amide bonds. The summed E-state index contributed by atoms with van der Waals surface area (Å²) >= 11 is 0. The molecule has 0 aromatic rings. The van der Waals surface area contributed by atoms with E-state index in [1.165, 1.54) is 9.80 Å². The van der Waals surface area contributed by atoms with Gasteiger partial charge in [-0.2, -0.15) is 0 Å². The molecule has 0 atom stereocenters. The predicted molar refractivity (Wildman–Crippen MR) is 124 cm³/mol. The largest absolute Gasteiger partial charge is 0.443 e. The van der Waals surface area contributed by atoms with Crippen LogP contribution in [0.15, 0.2) is 23.3 Å². The van der Waals surface area contributed by atoms with Gasteiger partial charge in [-0.1, -0.05) is 12.2 Å². The van der Waals surface area contributed by atoms with Gasteiger partial charge in [0.05, 0.1) is 0 Å². The smallest absolute Gasteiger partial charge is 0.417 e. The number of unbranched alkanes of at least 4 members (excludes halogenated alkanes) is 2. The van der Waals surface area contributed by atoms with Crippen molar-refractivity contribution in [1.29, 1.82) is 0 Å². The minimum Gasteiger partial charge on any atom is -0.443 e. The van der Waals surface area contributed by atoms with Crippen molar-refractivity contribution in [1.82, 2.24) is 9.80 Å². The number of hydrogen-bond acceptors (Lipinski definition) is 6. The third-order valence-corrected chi connectivity index (χ3v) is 5.11. The van der Waals surface area contributed by atoms with E-state index in [1.54, 1.807) is 41.5 Å². The molecule has 33 heavy (non-hydrogen) atoms. The number of likely N-dealkylation sites (tertiary alicyclic amines) is 2. The summed E-state index contributed by atoms with van der Waals surface area (Å²) < 4.78 is 10.7. The minimum absolute atomic E-state index is 0.288. The molecule has 184 valence electrons. The molecule has 2 heterocycles. The van der Waals surface area contributed by atoms with E-state index in [4.69, 9.17) is 9.47 Å². The highest BCUT2D eigenvalue weighted by Crippen LogP contribution is 2.23. The number of allylic oxidation sites excluding steroid dienone is 2. The zero-order valence-corrected chi connectivity index (χ0v) is 20.9. The molecule has 0 aromatic heterocycles. The average molecular weight is 463 g/mol. The number of rotatable bonds is 4. The Morgan fingerprint density at radius 1 is 0.758 bits per heavy atom. The van der Waals surface area contributed by atoms with Gasteiger partial charge in [-0.25, -0.2) is 19.4 Å². The maximum atomic E-state index is 12.7. The Bertz CT molecular complexity index is 761. The van der Waals surface area contributed by atoms with Gasteiger partial charge in [0.25, 0.3) is 11.8 Å². The van der Waals surface area contributed by atoms with Crippen molar-refractivity contribution >= 4 is 24.0 Å². The minimum atomic E-state index is -0.651. The highest BCUT2D eigenvalue weighted by atomic mass is 16.6. The summed E-state index contributed by atoms with van der Waals surface area (Å²) in [4.78, 5) is 52.2. The molecule has 0 unspecified atom stereocenters. The number of imide groups is 2. The highest BCUT2D eigenvalue weighted by molar-refractivity contribution is 6.03. The topological polar surface area (TPSA) is 93.2 Å². The lowest BCUT2D eigenvalue weighted by atomic mass is 10.0. The number of hydrogen-bond donors (Lipinski definition) is 0. The van der Waals surface area contributed by atoms with E-state index in [2.05, 4.69) is 0 Å². The molecule has 0 spiro atoms. The van der Waals surface area contributed by atoms with Crippen molar-refractivity contribution in [3.8, 4) is 0 Å². The molecule has 2 fully saturated rings. The molecule has 8 heteroatoms. The van der Waals surface area contributed by atoms with Crippen molar-refractivity contribution < 1.29 is 28.7 Å². The highest BCUT2D eigenvalue weighted by Gasteiger charge is 2.32. The van der Waals surface area contributed by atoms with Gasteiger partial charge in [0.15, 0.2) is 0 Å². The number of amides is 4. The van der Waals surface area contributed by atoms with Gasteiger partial charge in [0.1, 0.15) is 11.2 Å². The van der Waals surface area contributed by atoms with Gasteiger partial charge in [-0.15, -0.1) is 0 Å². The van der Waals surface area contributed by atoms with Crippen molar-refractivity contribution in [3.63, 3.8) is 0 Å². The standard InChI is InChI=1S/C25H38N2O6/c1-24(2,3)32-22(30)26-16-10-14-18(20(26)28)12-8-7-9-13-19-15-11-17-27(21(19)29)23(31)33-25(4,5)6/h12-13H,7-11,14-17H2,1-6H3/b18-12-,19-13+. The summed E-state index contributed by atoms with van der Waals surface area (Å²) in [5, 5.41) is 0. The van der Waals surface area contributed by atoms with E-state index in [0.717, 1.165) is 19.3 Å². The van der Waals surface area contributed by atoms with E-state index >= 15 is 0 Å². The summed E-state index contributed by atoms with van der Waals surface area (Å²) in [6, 6.07) is 0. The van der Waals surface area contributed by atoms with E-state index in [1.807, 2.05) is 12.2 Å². The Balaban J connectivity index is 1.88. The number of nitrogens with zero attached hydrogens (tertiary/aromatic N) is 2. The summed E-state index contributed by atoms with van der Waals surface area (Å²) in [5.74, 6) is -0.575. The molecule has 2 saturated heterocycles. The normalized spacial score (nSPS) is 20.4. The van der Waals surface area contributed by atoms with Gasteiger partial charge in [0.2, 0.25) is 0 Å². The zero-order valence-electron chi connectivity index (χ0n) is 20.9. The predicted octanol–water partition coefficient (Wildman–Crippen LogP) is 5.12. The molecule has 8 nitrogen and oxygen atoms in total. The van der Waals surface area contributed by atoms with E-state index in [0.29, 0.717) is 49.9 Å². The molecule has 0 saturated carbocycles. The van der Waals surface area contributed by atoms with Crippen LogP contribution in [0.3, 0.4) is 0 Å². The summed E-state index contributed by atoms with van der Waals surface area (Å²) in [7, 11) is 0. The SMILES string of the molecule is CC(C)(C)OC(=O)N1CCC/C(=C/CCC/C=C2\CCCN(C(=O)OC(C)(C)C)C2=O)C1=O. The van der Waals surface area contributed by atoms with E-state index in [-0.39, 0.29) is 11.8 Å². The molecule has 0 bridgehead atoms. The quantitative estimate of drug-likeness (QED) is 0.425. The molecular formula is C25H38N2O6. The van der Waals surface area contributed by atoms with Crippen LogP contribution in [0.5, 0.6) is 0 Å². The third-order valence-electron chi connectivity index (χ3n) is 5.11. The second-order valence-electron chi connectivity index (χ2n) is 10.5. The molecule has 2 aliphatic rings. The summed E-state index contributed by atoms with van der Waals surface area (Å²) in [5.41, 5.74) is -0.0434. The lowest BCUT2D eigenvalue weighted by Crippen LogP contribution is -2.44. The fraction of sp³-hybridized carbons (Fsp3) is 0.680. The molecular weight excluding hydrogens is 424 g/mol. The number of carbonyl (C=O) groups is 4. The number of ether oxygens (including phenoxy) is 2.